The highest BCUT2D eigenvalue weighted by atomic mass is 14.5. The molecular formula is C51H30N2. The monoisotopic (exact) mass is 670 g/mol. The second-order valence-electron chi connectivity index (χ2n) is 13.8. The van der Waals surface area contributed by atoms with Crippen molar-refractivity contribution in [3.63, 3.8) is 0 Å². The molecule has 0 aromatic heterocycles. The Kier molecular flexibility index (Phi) is 6.87. The molecule has 0 N–H and O–H groups in total. The van der Waals surface area contributed by atoms with Crippen LogP contribution in [0.25, 0.3) is 66.8 Å². The van der Waals surface area contributed by atoms with Crippen molar-refractivity contribution in [3.05, 3.63) is 215 Å². The zero-order valence-electron chi connectivity index (χ0n) is 28.7. The van der Waals surface area contributed by atoms with Crippen LogP contribution in [0.1, 0.15) is 33.4 Å². The number of hydrogen-bond donors (Lipinski definition) is 0. The number of nitriles is 2. The van der Waals surface area contributed by atoms with Gasteiger partial charge in [-0.15, -0.1) is 0 Å². The summed E-state index contributed by atoms with van der Waals surface area (Å²) in [5, 5.41) is 20.3. The SMILES string of the molecule is N#Cc1ccc(-c2cccc3c2-c2cccc(-c4cc(-c5ccccc5)c(C#N)c(-c5ccccc5)c4)c2C32c3ccccc3-c3ccccc32)cc1. The van der Waals surface area contributed by atoms with E-state index in [1.807, 2.05) is 48.5 Å². The van der Waals surface area contributed by atoms with Crippen LogP contribution in [0, 0.1) is 22.7 Å². The van der Waals surface area contributed by atoms with E-state index in [0.29, 0.717) is 11.1 Å². The molecule has 244 valence electrons. The smallest absolute Gasteiger partial charge is 0.100 e. The highest BCUT2D eigenvalue weighted by Crippen LogP contribution is 2.65. The third-order valence-electron chi connectivity index (χ3n) is 11.2. The van der Waals surface area contributed by atoms with Crippen LogP contribution in [0.4, 0.5) is 0 Å². The summed E-state index contributed by atoms with van der Waals surface area (Å²) >= 11 is 0. The molecule has 2 heteroatoms. The van der Waals surface area contributed by atoms with Gasteiger partial charge in [-0.2, -0.15) is 10.5 Å². The van der Waals surface area contributed by atoms with Crippen LogP contribution in [0.3, 0.4) is 0 Å². The zero-order valence-corrected chi connectivity index (χ0v) is 28.7. The predicted octanol–water partition coefficient (Wildman–Crippen LogP) is 12.4. The molecule has 0 saturated carbocycles. The Balaban J connectivity index is 1.35. The Labute approximate surface area is 309 Å². The van der Waals surface area contributed by atoms with Gasteiger partial charge < -0.3 is 0 Å². The number of rotatable bonds is 4. The number of nitrogens with zero attached hydrogens (tertiary/aromatic N) is 2. The van der Waals surface area contributed by atoms with Crippen molar-refractivity contribution in [3.8, 4) is 78.9 Å². The van der Waals surface area contributed by atoms with Gasteiger partial charge in [0.2, 0.25) is 0 Å². The summed E-state index contributed by atoms with van der Waals surface area (Å²) in [6, 6.07) is 69.0. The molecule has 2 aliphatic carbocycles. The van der Waals surface area contributed by atoms with E-state index in [1.165, 1.54) is 44.5 Å². The quantitative estimate of drug-likeness (QED) is 0.187. The standard InChI is InChI=1S/C51H30N2/c52-31-33-25-27-36(28-26-33)38-19-12-24-48-49(38)42-21-11-20-39(50(42)51(48)46-22-9-7-17-40(46)41-18-8-10-23-47(41)51)37-29-43(34-13-3-1-4-14-34)45(32-53)44(30-37)35-15-5-2-6-16-35/h1-30H. The third kappa shape index (κ3) is 4.37. The number of benzene rings is 8. The van der Waals surface area contributed by atoms with Crippen molar-refractivity contribution in [2.24, 2.45) is 0 Å². The fourth-order valence-electron chi connectivity index (χ4n) is 9.06. The van der Waals surface area contributed by atoms with Gasteiger partial charge in [-0.05, 0) is 102 Å². The molecule has 8 aromatic carbocycles. The first kappa shape index (κ1) is 30.6. The first-order valence-corrected chi connectivity index (χ1v) is 17.9. The molecule has 0 atom stereocenters. The Bertz CT molecular complexity index is 2730. The molecule has 0 radical (unpaired) electrons. The maximum atomic E-state index is 10.7. The van der Waals surface area contributed by atoms with E-state index in [9.17, 15) is 10.5 Å². The van der Waals surface area contributed by atoms with Gasteiger partial charge in [0, 0.05) is 11.1 Å². The maximum absolute atomic E-state index is 10.7. The summed E-state index contributed by atoms with van der Waals surface area (Å²) in [5.74, 6) is 0. The number of fused-ring (bicyclic) bond motifs is 10. The van der Waals surface area contributed by atoms with E-state index in [2.05, 4.69) is 146 Å². The highest BCUT2D eigenvalue weighted by Gasteiger charge is 2.53. The fourth-order valence-corrected chi connectivity index (χ4v) is 9.06. The van der Waals surface area contributed by atoms with Crippen molar-refractivity contribution < 1.29 is 0 Å². The minimum absolute atomic E-state index is 0.592. The molecule has 10 rings (SSSR count). The van der Waals surface area contributed by atoms with Crippen LogP contribution < -0.4 is 0 Å². The van der Waals surface area contributed by atoms with Gasteiger partial charge in [-0.3, -0.25) is 0 Å². The van der Waals surface area contributed by atoms with Gasteiger partial charge in [0.15, 0.2) is 0 Å². The summed E-state index contributed by atoms with van der Waals surface area (Å²) in [4.78, 5) is 0. The first-order chi connectivity index (χ1) is 26.2. The van der Waals surface area contributed by atoms with Crippen molar-refractivity contribution in [1.82, 2.24) is 0 Å². The van der Waals surface area contributed by atoms with E-state index in [1.54, 1.807) is 0 Å². The lowest BCUT2D eigenvalue weighted by molar-refractivity contribution is 0.796. The lowest BCUT2D eigenvalue weighted by atomic mass is 9.68. The summed E-state index contributed by atoms with van der Waals surface area (Å²) in [6.07, 6.45) is 0. The third-order valence-corrected chi connectivity index (χ3v) is 11.2. The molecule has 0 aliphatic heterocycles. The van der Waals surface area contributed by atoms with Gasteiger partial charge in [-0.1, -0.05) is 158 Å². The lowest BCUT2D eigenvalue weighted by Crippen LogP contribution is -2.26. The van der Waals surface area contributed by atoms with E-state index >= 15 is 0 Å². The van der Waals surface area contributed by atoms with Crippen LogP contribution in [-0.2, 0) is 5.41 Å². The molecule has 0 fully saturated rings. The zero-order chi connectivity index (χ0) is 35.5. The van der Waals surface area contributed by atoms with E-state index in [4.69, 9.17) is 0 Å². The Morgan fingerprint density at radius 2 is 0.811 bits per heavy atom. The minimum Gasteiger partial charge on any atom is -0.192 e. The van der Waals surface area contributed by atoms with Gasteiger partial charge in [0.05, 0.1) is 22.6 Å². The average Bonchev–Trinajstić information content (AvgIpc) is 3.71. The molecule has 8 aromatic rings. The molecule has 0 heterocycles. The highest BCUT2D eigenvalue weighted by molar-refractivity contribution is 6.03. The van der Waals surface area contributed by atoms with Gasteiger partial charge in [0.25, 0.3) is 0 Å². The Morgan fingerprint density at radius 3 is 1.40 bits per heavy atom. The van der Waals surface area contributed by atoms with Crippen LogP contribution in [0.2, 0.25) is 0 Å². The van der Waals surface area contributed by atoms with Crippen molar-refractivity contribution in [2.75, 3.05) is 0 Å². The van der Waals surface area contributed by atoms with Crippen LogP contribution in [0.5, 0.6) is 0 Å². The molecule has 0 unspecified atom stereocenters. The average molecular weight is 671 g/mol. The van der Waals surface area contributed by atoms with Gasteiger partial charge >= 0.3 is 0 Å². The van der Waals surface area contributed by atoms with E-state index in [-0.39, 0.29) is 0 Å². The Hall–Kier alpha value is -7.26. The minimum atomic E-state index is -0.592. The summed E-state index contributed by atoms with van der Waals surface area (Å²) < 4.78 is 0. The second kappa shape index (κ2) is 11.9. The van der Waals surface area contributed by atoms with Crippen LogP contribution in [0.15, 0.2) is 182 Å². The van der Waals surface area contributed by atoms with Gasteiger partial charge in [-0.25, -0.2) is 0 Å². The van der Waals surface area contributed by atoms with Crippen LogP contribution >= 0.6 is 0 Å². The summed E-state index contributed by atoms with van der Waals surface area (Å²) in [6.45, 7) is 0. The normalized spacial score (nSPS) is 12.6. The van der Waals surface area contributed by atoms with E-state index < -0.39 is 5.41 Å². The molecule has 0 amide bonds. The summed E-state index contributed by atoms with van der Waals surface area (Å²) in [7, 11) is 0. The van der Waals surface area contributed by atoms with Crippen LogP contribution in [-0.4, -0.2) is 0 Å². The molecule has 0 saturated heterocycles. The molecule has 53 heavy (non-hydrogen) atoms. The molecular weight excluding hydrogens is 641 g/mol. The molecule has 0 bridgehead atoms. The van der Waals surface area contributed by atoms with Gasteiger partial charge in [0.1, 0.15) is 6.07 Å². The van der Waals surface area contributed by atoms with Crippen molar-refractivity contribution >= 4 is 0 Å². The largest absolute Gasteiger partial charge is 0.192 e. The second-order valence-corrected chi connectivity index (χ2v) is 13.8. The first-order valence-electron chi connectivity index (χ1n) is 17.9. The molecule has 2 nitrogen and oxygen atoms in total. The fraction of sp³-hybridized carbons (Fsp3) is 0.0196. The molecule has 2 aliphatic rings. The lowest BCUT2D eigenvalue weighted by Gasteiger charge is -2.32. The predicted molar refractivity (Wildman–Crippen MR) is 214 cm³/mol. The number of hydrogen-bond acceptors (Lipinski definition) is 2. The Morgan fingerprint density at radius 1 is 0.340 bits per heavy atom. The van der Waals surface area contributed by atoms with E-state index in [0.717, 1.165) is 44.5 Å². The topological polar surface area (TPSA) is 47.6 Å². The van der Waals surface area contributed by atoms with Crippen molar-refractivity contribution in [2.45, 2.75) is 5.41 Å². The molecule has 1 spiro atoms. The maximum Gasteiger partial charge on any atom is 0.100 e. The summed E-state index contributed by atoms with van der Waals surface area (Å²) in [5.41, 5.74) is 18.9. The van der Waals surface area contributed by atoms with Crippen molar-refractivity contribution in [1.29, 1.82) is 10.5 Å².